The first-order chi connectivity index (χ1) is 15.9. The fourth-order valence-corrected chi connectivity index (χ4v) is 22.8. The summed E-state index contributed by atoms with van der Waals surface area (Å²) in [4.78, 5) is 0. The zero-order valence-corrected chi connectivity index (χ0v) is 21.5. The topological polar surface area (TPSA) is 0 Å². The fraction of sp³-hybridized carbons (Fsp3) is 0.0667. The number of allylic oxidation sites excluding steroid dienone is 4. The van der Waals surface area contributed by atoms with Crippen LogP contribution >= 0.6 is 0 Å². The van der Waals surface area contributed by atoms with Crippen LogP contribution in [-0.4, -0.2) is 6.66 Å². The molecule has 0 fully saturated rings. The number of benzene rings is 4. The summed E-state index contributed by atoms with van der Waals surface area (Å²) < 4.78 is 2.32. The third-order valence-electron chi connectivity index (χ3n) is 6.86. The maximum absolute atomic E-state index is 2.48. The molecule has 0 aromatic heterocycles. The van der Waals surface area contributed by atoms with Gasteiger partial charge < -0.3 is 9.41 Å². The molecular weight excluding hydrogens is 474 g/mol. The van der Waals surface area contributed by atoms with Crippen molar-refractivity contribution in [2.75, 3.05) is 0 Å². The van der Waals surface area contributed by atoms with E-state index in [0.29, 0.717) is 4.22 Å². The molecule has 0 N–H and O–H groups in total. The summed E-state index contributed by atoms with van der Waals surface area (Å²) in [5.74, 6) is 0. The van der Waals surface area contributed by atoms with E-state index < -0.39 is 23.8 Å². The van der Waals surface area contributed by atoms with Crippen LogP contribution in [0.2, 0.25) is 0 Å². The fourth-order valence-electron chi connectivity index (χ4n) is 5.53. The Bertz CT molecular complexity index is 1230. The zero-order chi connectivity index (χ0) is 21.3. The first-order valence-electron chi connectivity index (χ1n) is 11.4. The average Bonchev–Trinajstić information content (AvgIpc) is 3.51. The standard InChI is InChI=1S/C13H9.C12H11Si.C5H5.2FH.Ti/c1-3-7-12-10(5-1)9-11-6-2-4-8-13(11)12;1-3-7-11(8-4-1)13-12-9-5-2-6-10-12;1-2-4-5-3-1;;;/h1-9H;1-10,13H;1-3H,4H2;2*1H;/q;;;;;+2/p-2. The van der Waals surface area contributed by atoms with Crippen LogP contribution in [0.15, 0.2) is 131 Å². The molecule has 0 spiro atoms. The molecule has 0 unspecified atom stereocenters. The second kappa shape index (κ2) is 10.6. The minimum Gasteiger partial charge on any atom is -1.00 e. The number of hydrogen-bond donors (Lipinski definition) is 0. The van der Waals surface area contributed by atoms with Crippen molar-refractivity contribution in [2.45, 2.75) is 10.6 Å². The quantitative estimate of drug-likeness (QED) is 0.333. The third kappa shape index (κ3) is 4.20. The SMILES string of the molecule is C1=CC[C]([Ti+2]([CH]2c3ccccc3-c3ccccc32)[SiH](c2ccccc2)c2ccccc2)=C1.[F-].[F-]. The first-order valence-corrected chi connectivity index (χ1v) is 17.5. The molecule has 4 aromatic rings. The molecule has 0 nitrogen and oxygen atoms in total. The van der Waals surface area contributed by atoms with Crippen molar-refractivity contribution in [1.29, 1.82) is 0 Å². The Morgan fingerprint density at radius 3 is 1.53 bits per heavy atom. The van der Waals surface area contributed by atoms with Crippen molar-refractivity contribution in [3.05, 3.63) is 142 Å². The van der Waals surface area contributed by atoms with Crippen molar-refractivity contribution in [2.24, 2.45) is 0 Å². The molecule has 0 aliphatic heterocycles. The van der Waals surface area contributed by atoms with E-state index in [0.717, 1.165) is 6.42 Å². The van der Waals surface area contributed by atoms with E-state index in [1.54, 1.807) is 25.4 Å². The van der Waals surface area contributed by atoms with Gasteiger partial charge in [0.1, 0.15) is 0 Å². The molecule has 34 heavy (non-hydrogen) atoms. The summed E-state index contributed by atoms with van der Waals surface area (Å²) in [5, 5.41) is 3.20. The van der Waals surface area contributed by atoms with E-state index >= 15 is 0 Å². The summed E-state index contributed by atoms with van der Waals surface area (Å²) >= 11 is -1.83. The van der Waals surface area contributed by atoms with Crippen LogP contribution in [0.3, 0.4) is 0 Å². The van der Waals surface area contributed by atoms with Gasteiger partial charge in [-0.1, -0.05) is 0 Å². The molecule has 0 heterocycles. The number of hydrogen-bond acceptors (Lipinski definition) is 0. The Labute approximate surface area is 207 Å². The van der Waals surface area contributed by atoms with Gasteiger partial charge in [-0.25, -0.2) is 0 Å². The van der Waals surface area contributed by atoms with Gasteiger partial charge in [-0.05, 0) is 0 Å². The van der Waals surface area contributed by atoms with Crippen LogP contribution in [-0.2, 0) is 17.1 Å². The second-order valence-electron chi connectivity index (χ2n) is 8.64. The summed E-state index contributed by atoms with van der Waals surface area (Å²) in [5.41, 5.74) is 6.05. The van der Waals surface area contributed by atoms with Gasteiger partial charge in [-0.3, -0.25) is 0 Å². The predicted octanol–water partition coefficient (Wildman–Crippen LogP) is -0.235. The van der Waals surface area contributed by atoms with Gasteiger partial charge in [0.25, 0.3) is 0 Å². The van der Waals surface area contributed by atoms with Crippen LogP contribution in [0.5, 0.6) is 0 Å². The molecule has 0 saturated carbocycles. The molecule has 6 rings (SSSR count). The molecule has 0 saturated heterocycles. The summed E-state index contributed by atoms with van der Waals surface area (Å²) in [6.45, 7) is -1.43. The Morgan fingerprint density at radius 2 is 1.06 bits per heavy atom. The minimum atomic E-state index is -1.83. The summed E-state index contributed by atoms with van der Waals surface area (Å²) in [6.07, 6.45) is 8.29. The predicted molar refractivity (Wildman–Crippen MR) is 135 cm³/mol. The minimum absolute atomic E-state index is 0. The molecule has 4 aromatic carbocycles. The van der Waals surface area contributed by atoms with Gasteiger partial charge in [0.15, 0.2) is 0 Å². The summed E-state index contributed by atoms with van der Waals surface area (Å²) in [7, 11) is 0. The van der Waals surface area contributed by atoms with Gasteiger partial charge in [0.2, 0.25) is 0 Å². The smallest absolute Gasteiger partial charge is 1.00 e. The van der Waals surface area contributed by atoms with Crippen molar-refractivity contribution < 1.29 is 26.5 Å². The van der Waals surface area contributed by atoms with Crippen molar-refractivity contribution in [1.82, 2.24) is 0 Å². The van der Waals surface area contributed by atoms with E-state index in [2.05, 4.69) is 127 Å². The largest absolute Gasteiger partial charge is 1.00 e. The van der Waals surface area contributed by atoms with Crippen molar-refractivity contribution in [3.63, 3.8) is 0 Å². The van der Waals surface area contributed by atoms with Crippen LogP contribution in [0.4, 0.5) is 0 Å². The Morgan fingerprint density at radius 1 is 0.588 bits per heavy atom. The van der Waals surface area contributed by atoms with Crippen LogP contribution in [0, 0.1) is 0 Å². The van der Waals surface area contributed by atoms with E-state index in [-0.39, 0.29) is 9.41 Å². The van der Waals surface area contributed by atoms with Gasteiger partial charge in [-0.15, -0.1) is 0 Å². The van der Waals surface area contributed by atoms with Gasteiger partial charge in [0.05, 0.1) is 0 Å². The van der Waals surface area contributed by atoms with Crippen LogP contribution in [0.25, 0.3) is 11.1 Å². The molecule has 0 bridgehead atoms. The van der Waals surface area contributed by atoms with Gasteiger partial charge in [0, 0.05) is 0 Å². The molecule has 4 heteroatoms. The van der Waals surface area contributed by atoms with Gasteiger partial charge in [-0.2, -0.15) is 0 Å². The molecular formula is C30H25F2SiTi. The van der Waals surface area contributed by atoms with Crippen LogP contribution in [0.1, 0.15) is 21.8 Å². The maximum Gasteiger partial charge on any atom is -1.00 e. The number of halogens is 2. The Hall–Kier alpha value is -2.85. The Balaban J connectivity index is 0.00000137. The zero-order valence-electron chi connectivity index (χ0n) is 18.7. The van der Waals surface area contributed by atoms with Crippen molar-refractivity contribution >= 4 is 17.0 Å². The van der Waals surface area contributed by atoms with Crippen molar-refractivity contribution in [3.8, 4) is 11.1 Å². The first kappa shape index (κ1) is 24.3. The second-order valence-corrected chi connectivity index (χ2v) is 19.4. The molecule has 167 valence electrons. The maximum atomic E-state index is 2.48. The number of fused-ring (bicyclic) bond motifs is 3. The van der Waals surface area contributed by atoms with E-state index in [1.165, 1.54) is 11.1 Å². The molecule has 2 aliphatic rings. The van der Waals surface area contributed by atoms with Gasteiger partial charge >= 0.3 is 198 Å². The van der Waals surface area contributed by atoms with E-state index in [4.69, 9.17) is 0 Å². The van der Waals surface area contributed by atoms with E-state index in [9.17, 15) is 0 Å². The monoisotopic (exact) mass is 499 g/mol. The molecule has 0 amide bonds. The normalized spacial score (nSPS) is 13.5. The van der Waals surface area contributed by atoms with E-state index in [1.807, 2.05) is 0 Å². The third-order valence-corrected chi connectivity index (χ3v) is 22.2. The Kier molecular flexibility index (Phi) is 7.57. The molecule has 0 atom stereocenters. The molecule has 2 aliphatic carbocycles. The summed E-state index contributed by atoms with van der Waals surface area (Å²) in [6, 6.07) is 41.3. The van der Waals surface area contributed by atoms with Crippen LogP contribution < -0.4 is 19.8 Å². The molecule has 0 radical (unpaired) electrons. The number of rotatable bonds is 5. The average molecular weight is 499 g/mol.